The van der Waals surface area contributed by atoms with Crippen molar-refractivity contribution in [2.75, 3.05) is 18.0 Å². The molecule has 1 saturated heterocycles. The minimum absolute atomic E-state index is 0.525. The zero-order valence-electron chi connectivity index (χ0n) is 7.37. The quantitative estimate of drug-likeness (QED) is 0.810. The average molecular weight is 243 g/mol. The lowest BCUT2D eigenvalue weighted by Gasteiger charge is -2.46. The van der Waals surface area contributed by atoms with E-state index >= 15 is 0 Å². The third kappa shape index (κ3) is 1.69. The third-order valence-electron chi connectivity index (χ3n) is 2.15. The largest absolute Gasteiger partial charge is 0.386 e. The summed E-state index contributed by atoms with van der Waals surface area (Å²) >= 11 is 3.42. The Morgan fingerprint density at radius 3 is 2.85 bits per heavy atom. The van der Waals surface area contributed by atoms with Crippen molar-refractivity contribution in [3.63, 3.8) is 0 Å². The van der Waals surface area contributed by atoms with Crippen LogP contribution in [0.1, 0.15) is 6.92 Å². The average Bonchev–Trinajstić information content (AvgIpc) is 2.01. The van der Waals surface area contributed by atoms with Crippen LogP contribution in [0.25, 0.3) is 0 Å². The molecule has 2 heterocycles. The van der Waals surface area contributed by atoms with E-state index in [0.717, 1.165) is 10.2 Å². The van der Waals surface area contributed by atoms with Gasteiger partial charge in [-0.2, -0.15) is 0 Å². The van der Waals surface area contributed by atoms with E-state index in [2.05, 4.69) is 25.8 Å². The zero-order valence-corrected chi connectivity index (χ0v) is 8.95. The second kappa shape index (κ2) is 2.96. The Morgan fingerprint density at radius 1 is 1.62 bits per heavy atom. The van der Waals surface area contributed by atoms with Crippen molar-refractivity contribution >= 4 is 21.6 Å². The fraction of sp³-hybridized carbons (Fsp3) is 0.444. The summed E-state index contributed by atoms with van der Waals surface area (Å²) in [6.45, 7) is 3.23. The summed E-state index contributed by atoms with van der Waals surface area (Å²) in [6, 6.07) is 1.94. The molecule has 0 unspecified atom stereocenters. The number of nitrogens with zero attached hydrogens (tertiary/aromatic N) is 2. The van der Waals surface area contributed by atoms with Crippen LogP contribution in [-0.4, -0.2) is 28.8 Å². The first-order valence-corrected chi connectivity index (χ1v) is 4.95. The highest BCUT2D eigenvalue weighted by molar-refractivity contribution is 9.10. The lowest BCUT2D eigenvalue weighted by atomic mass is 9.96. The van der Waals surface area contributed by atoms with E-state index in [1.807, 2.05) is 13.0 Å². The smallest absolute Gasteiger partial charge is 0.0967 e. The van der Waals surface area contributed by atoms with E-state index in [0.29, 0.717) is 13.1 Å². The van der Waals surface area contributed by atoms with E-state index in [9.17, 15) is 5.11 Å². The van der Waals surface area contributed by atoms with Gasteiger partial charge < -0.3 is 10.0 Å². The normalized spacial score (nSPS) is 19.8. The maximum Gasteiger partial charge on any atom is 0.0967 e. The molecule has 1 N–H and O–H groups in total. The van der Waals surface area contributed by atoms with Gasteiger partial charge in [-0.3, -0.25) is 4.98 Å². The summed E-state index contributed by atoms with van der Waals surface area (Å²) < 4.78 is 0.977. The van der Waals surface area contributed by atoms with Crippen molar-refractivity contribution in [3.05, 3.63) is 22.9 Å². The number of halogens is 1. The Kier molecular flexibility index (Phi) is 2.04. The first kappa shape index (κ1) is 8.97. The minimum atomic E-state index is -0.525. The van der Waals surface area contributed by atoms with Crippen molar-refractivity contribution in [2.24, 2.45) is 0 Å². The molecule has 3 nitrogen and oxygen atoms in total. The summed E-state index contributed by atoms with van der Waals surface area (Å²) in [5, 5.41) is 9.56. The van der Waals surface area contributed by atoms with Gasteiger partial charge in [0.15, 0.2) is 0 Å². The van der Waals surface area contributed by atoms with Gasteiger partial charge in [-0.05, 0) is 28.9 Å². The molecule has 1 aromatic heterocycles. The number of β-amino-alcohol motifs (C(OH)–C–C–N with tert-alkyl or cyclic N) is 1. The fourth-order valence-corrected chi connectivity index (χ4v) is 2.07. The molecule has 4 heteroatoms. The summed E-state index contributed by atoms with van der Waals surface area (Å²) in [6.07, 6.45) is 3.52. The molecule has 13 heavy (non-hydrogen) atoms. The number of aliphatic hydroxyl groups is 1. The molecule has 0 amide bonds. The Hall–Kier alpha value is -0.610. The maximum absolute atomic E-state index is 9.56. The van der Waals surface area contributed by atoms with E-state index in [1.54, 1.807) is 12.4 Å². The highest BCUT2D eigenvalue weighted by Crippen LogP contribution is 2.32. The molecule has 1 aliphatic rings. The van der Waals surface area contributed by atoms with Gasteiger partial charge in [0.05, 0.1) is 15.8 Å². The van der Waals surface area contributed by atoms with Crippen LogP contribution in [0, 0.1) is 0 Å². The minimum Gasteiger partial charge on any atom is -0.386 e. The molecular weight excluding hydrogens is 232 g/mol. The van der Waals surface area contributed by atoms with Crippen LogP contribution >= 0.6 is 15.9 Å². The maximum atomic E-state index is 9.56. The predicted octanol–water partition coefficient (Wildman–Crippen LogP) is 1.42. The number of aromatic nitrogens is 1. The Bertz CT molecular complexity index is 319. The van der Waals surface area contributed by atoms with Gasteiger partial charge in [0.1, 0.15) is 0 Å². The predicted molar refractivity (Wildman–Crippen MR) is 54.8 cm³/mol. The highest BCUT2D eigenvalue weighted by Gasteiger charge is 2.37. The van der Waals surface area contributed by atoms with Gasteiger partial charge in [-0.1, -0.05) is 0 Å². The molecule has 0 aliphatic carbocycles. The topological polar surface area (TPSA) is 36.4 Å². The van der Waals surface area contributed by atoms with Crippen LogP contribution in [0.5, 0.6) is 0 Å². The molecule has 0 aromatic carbocycles. The van der Waals surface area contributed by atoms with Gasteiger partial charge in [0.25, 0.3) is 0 Å². The van der Waals surface area contributed by atoms with Crippen LogP contribution in [0.3, 0.4) is 0 Å². The Morgan fingerprint density at radius 2 is 2.31 bits per heavy atom. The molecule has 1 fully saturated rings. The van der Waals surface area contributed by atoms with Crippen molar-refractivity contribution in [3.8, 4) is 0 Å². The lowest BCUT2D eigenvalue weighted by Crippen LogP contribution is -2.60. The van der Waals surface area contributed by atoms with Gasteiger partial charge >= 0.3 is 0 Å². The Labute approximate surface area is 85.5 Å². The van der Waals surface area contributed by atoms with Crippen molar-refractivity contribution in [1.29, 1.82) is 0 Å². The second-order valence-corrected chi connectivity index (χ2v) is 4.53. The van der Waals surface area contributed by atoms with Gasteiger partial charge in [0, 0.05) is 25.5 Å². The summed E-state index contributed by atoms with van der Waals surface area (Å²) in [7, 11) is 0. The van der Waals surface area contributed by atoms with Gasteiger partial charge in [-0.15, -0.1) is 0 Å². The van der Waals surface area contributed by atoms with E-state index in [1.165, 1.54) is 0 Å². The SMILES string of the molecule is CC1(O)CN(c2ccncc2Br)C1. The molecule has 0 bridgehead atoms. The number of pyridine rings is 1. The number of hydrogen-bond acceptors (Lipinski definition) is 3. The summed E-state index contributed by atoms with van der Waals surface area (Å²) in [5.74, 6) is 0. The standard InChI is InChI=1S/C9H11BrN2O/c1-9(13)5-12(6-9)8-2-3-11-4-7(8)10/h2-4,13H,5-6H2,1H3. The third-order valence-corrected chi connectivity index (χ3v) is 2.77. The van der Waals surface area contributed by atoms with E-state index in [-0.39, 0.29) is 0 Å². The number of anilines is 1. The molecule has 2 rings (SSSR count). The van der Waals surface area contributed by atoms with Crippen LogP contribution in [0.15, 0.2) is 22.9 Å². The van der Waals surface area contributed by atoms with Crippen molar-refractivity contribution in [1.82, 2.24) is 4.98 Å². The molecule has 0 radical (unpaired) electrons. The highest BCUT2D eigenvalue weighted by atomic mass is 79.9. The van der Waals surface area contributed by atoms with Gasteiger partial charge in [0.2, 0.25) is 0 Å². The first-order chi connectivity index (χ1) is 6.08. The van der Waals surface area contributed by atoms with Crippen LogP contribution < -0.4 is 4.90 Å². The zero-order chi connectivity index (χ0) is 9.47. The molecule has 70 valence electrons. The molecule has 0 saturated carbocycles. The summed E-state index contributed by atoms with van der Waals surface area (Å²) in [5.41, 5.74) is 0.574. The molecule has 1 aliphatic heterocycles. The molecule has 0 spiro atoms. The fourth-order valence-electron chi connectivity index (χ4n) is 1.57. The Balaban J connectivity index is 2.16. The van der Waals surface area contributed by atoms with Crippen LogP contribution in [-0.2, 0) is 0 Å². The van der Waals surface area contributed by atoms with E-state index in [4.69, 9.17) is 0 Å². The first-order valence-electron chi connectivity index (χ1n) is 4.15. The number of hydrogen-bond donors (Lipinski definition) is 1. The van der Waals surface area contributed by atoms with Crippen molar-refractivity contribution in [2.45, 2.75) is 12.5 Å². The van der Waals surface area contributed by atoms with Crippen LogP contribution in [0.2, 0.25) is 0 Å². The molecular formula is C9H11BrN2O. The molecule has 1 aromatic rings. The lowest BCUT2D eigenvalue weighted by molar-refractivity contribution is 0.0309. The monoisotopic (exact) mass is 242 g/mol. The molecule has 0 atom stereocenters. The van der Waals surface area contributed by atoms with Crippen molar-refractivity contribution < 1.29 is 5.11 Å². The van der Waals surface area contributed by atoms with Crippen LogP contribution in [0.4, 0.5) is 5.69 Å². The summed E-state index contributed by atoms with van der Waals surface area (Å²) in [4.78, 5) is 6.10. The number of rotatable bonds is 1. The van der Waals surface area contributed by atoms with E-state index < -0.39 is 5.60 Å². The second-order valence-electron chi connectivity index (χ2n) is 3.68. The van der Waals surface area contributed by atoms with Gasteiger partial charge in [-0.25, -0.2) is 0 Å².